The Morgan fingerprint density at radius 3 is 2.67 bits per heavy atom. The standard InChI is InChI=1S/C16H16Cl2N2O/c1-2-13(10-6-9-12-7-4-3-5-8-12)20-16(21)15(18)14(17)11-19-20/h2-5,7-8,11,13H,1,6,9-10H2. The molecule has 0 bridgehead atoms. The van der Waals surface area contributed by atoms with Crippen molar-refractivity contribution in [2.24, 2.45) is 0 Å². The monoisotopic (exact) mass is 322 g/mol. The van der Waals surface area contributed by atoms with Gasteiger partial charge in [-0.3, -0.25) is 4.79 Å². The summed E-state index contributed by atoms with van der Waals surface area (Å²) in [6.07, 6.45) is 5.74. The van der Waals surface area contributed by atoms with Crippen LogP contribution in [0.3, 0.4) is 0 Å². The topological polar surface area (TPSA) is 34.9 Å². The van der Waals surface area contributed by atoms with Gasteiger partial charge in [0.1, 0.15) is 5.02 Å². The molecule has 21 heavy (non-hydrogen) atoms. The van der Waals surface area contributed by atoms with Crippen LogP contribution in [-0.4, -0.2) is 9.78 Å². The first-order valence-electron chi connectivity index (χ1n) is 6.72. The summed E-state index contributed by atoms with van der Waals surface area (Å²) in [5, 5.41) is 4.22. The smallest absolute Gasteiger partial charge is 0.266 e. The van der Waals surface area contributed by atoms with Gasteiger partial charge in [0.25, 0.3) is 5.56 Å². The quantitative estimate of drug-likeness (QED) is 0.743. The van der Waals surface area contributed by atoms with Crippen LogP contribution in [0, 0.1) is 0 Å². The van der Waals surface area contributed by atoms with Crippen molar-refractivity contribution in [1.82, 2.24) is 9.78 Å². The molecule has 1 aromatic heterocycles. The van der Waals surface area contributed by atoms with Gasteiger partial charge in [0, 0.05) is 0 Å². The number of rotatable bonds is 6. The molecule has 0 amide bonds. The van der Waals surface area contributed by atoms with Crippen molar-refractivity contribution in [2.45, 2.75) is 25.3 Å². The zero-order valence-corrected chi connectivity index (χ0v) is 13.0. The van der Waals surface area contributed by atoms with Gasteiger partial charge in [-0.15, -0.1) is 6.58 Å². The summed E-state index contributed by atoms with van der Waals surface area (Å²) in [5.41, 5.74) is 0.892. The molecule has 0 saturated heterocycles. The van der Waals surface area contributed by atoms with E-state index in [1.807, 2.05) is 18.2 Å². The maximum atomic E-state index is 12.1. The first kappa shape index (κ1) is 15.8. The van der Waals surface area contributed by atoms with Crippen molar-refractivity contribution in [2.75, 3.05) is 0 Å². The van der Waals surface area contributed by atoms with E-state index in [0.29, 0.717) is 0 Å². The highest BCUT2D eigenvalue weighted by Crippen LogP contribution is 2.19. The van der Waals surface area contributed by atoms with Crippen LogP contribution in [0.25, 0.3) is 0 Å². The average Bonchev–Trinajstić information content (AvgIpc) is 2.51. The van der Waals surface area contributed by atoms with Gasteiger partial charge in [-0.1, -0.05) is 59.6 Å². The molecule has 0 radical (unpaired) electrons. The minimum Gasteiger partial charge on any atom is -0.266 e. The Bertz CT molecular complexity index is 668. The fourth-order valence-electron chi connectivity index (χ4n) is 2.16. The molecule has 0 aliphatic rings. The molecule has 3 nitrogen and oxygen atoms in total. The normalized spacial score (nSPS) is 12.1. The van der Waals surface area contributed by atoms with E-state index < -0.39 is 0 Å². The van der Waals surface area contributed by atoms with Crippen molar-refractivity contribution < 1.29 is 0 Å². The number of benzene rings is 1. The second kappa shape index (κ2) is 7.43. The molecular formula is C16H16Cl2N2O. The van der Waals surface area contributed by atoms with E-state index in [1.165, 1.54) is 16.4 Å². The summed E-state index contributed by atoms with van der Waals surface area (Å²) in [4.78, 5) is 12.1. The van der Waals surface area contributed by atoms with Crippen LogP contribution >= 0.6 is 23.2 Å². The Hall–Kier alpha value is -1.58. The molecule has 0 saturated carbocycles. The van der Waals surface area contributed by atoms with Crippen LogP contribution in [-0.2, 0) is 6.42 Å². The maximum Gasteiger partial charge on any atom is 0.287 e. The summed E-state index contributed by atoms with van der Waals surface area (Å²) in [7, 11) is 0. The van der Waals surface area contributed by atoms with E-state index in [2.05, 4.69) is 23.8 Å². The highest BCUT2D eigenvalue weighted by molar-refractivity contribution is 6.41. The van der Waals surface area contributed by atoms with E-state index in [1.54, 1.807) is 6.08 Å². The summed E-state index contributed by atoms with van der Waals surface area (Å²) < 4.78 is 1.34. The van der Waals surface area contributed by atoms with E-state index in [4.69, 9.17) is 23.2 Å². The summed E-state index contributed by atoms with van der Waals surface area (Å²) in [5.74, 6) is 0. The van der Waals surface area contributed by atoms with Gasteiger partial charge < -0.3 is 0 Å². The molecule has 1 heterocycles. The lowest BCUT2D eigenvalue weighted by Crippen LogP contribution is -2.26. The number of hydrogen-bond acceptors (Lipinski definition) is 2. The molecule has 1 unspecified atom stereocenters. The summed E-state index contributed by atoms with van der Waals surface area (Å²) in [6.45, 7) is 3.78. The van der Waals surface area contributed by atoms with Gasteiger partial charge >= 0.3 is 0 Å². The molecule has 1 atom stereocenters. The van der Waals surface area contributed by atoms with Crippen molar-refractivity contribution in [3.63, 3.8) is 0 Å². The molecule has 0 spiro atoms. The lowest BCUT2D eigenvalue weighted by molar-refractivity contribution is 0.467. The number of aromatic nitrogens is 2. The number of aryl methyl sites for hydroxylation is 1. The van der Waals surface area contributed by atoms with Crippen LogP contribution in [0.4, 0.5) is 0 Å². The zero-order chi connectivity index (χ0) is 15.2. The third-order valence-electron chi connectivity index (χ3n) is 3.30. The molecule has 2 aromatic rings. The first-order chi connectivity index (χ1) is 10.1. The lowest BCUT2D eigenvalue weighted by Gasteiger charge is -2.15. The van der Waals surface area contributed by atoms with Gasteiger partial charge in [-0.25, -0.2) is 4.68 Å². The van der Waals surface area contributed by atoms with Crippen LogP contribution < -0.4 is 5.56 Å². The predicted molar refractivity (Wildman–Crippen MR) is 87.1 cm³/mol. The zero-order valence-electron chi connectivity index (χ0n) is 11.5. The van der Waals surface area contributed by atoms with E-state index in [-0.39, 0.29) is 21.6 Å². The van der Waals surface area contributed by atoms with Crippen LogP contribution in [0.5, 0.6) is 0 Å². The highest BCUT2D eigenvalue weighted by atomic mass is 35.5. The third kappa shape index (κ3) is 3.96. The number of hydrogen-bond donors (Lipinski definition) is 0. The number of allylic oxidation sites excluding steroid dienone is 1. The van der Waals surface area contributed by atoms with Crippen molar-refractivity contribution in [1.29, 1.82) is 0 Å². The van der Waals surface area contributed by atoms with Crippen molar-refractivity contribution >= 4 is 23.2 Å². The minimum atomic E-state index is -0.381. The molecule has 2 rings (SSSR count). The Balaban J connectivity index is 2.05. The van der Waals surface area contributed by atoms with Gasteiger partial charge in [0.05, 0.1) is 17.3 Å². The fourth-order valence-corrected chi connectivity index (χ4v) is 2.42. The Labute approximate surface area is 133 Å². The SMILES string of the molecule is C=CC(CCCc1ccccc1)n1ncc(Cl)c(Cl)c1=O. The predicted octanol–water partition coefficient (Wildman–Crippen LogP) is 4.30. The Morgan fingerprint density at radius 1 is 1.29 bits per heavy atom. The minimum absolute atomic E-state index is 0.00146. The first-order valence-corrected chi connectivity index (χ1v) is 7.48. The molecule has 0 aliphatic carbocycles. The van der Waals surface area contributed by atoms with Gasteiger partial charge in [-0.2, -0.15) is 5.10 Å². The second-order valence-electron chi connectivity index (χ2n) is 4.74. The maximum absolute atomic E-state index is 12.1. The molecule has 0 N–H and O–H groups in total. The summed E-state index contributed by atoms with van der Waals surface area (Å²) >= 11 is 11.7. The molecule has 1 aromatic carbocycles. The highest BCUT2D eigenvalue weighted by Gasteiger charge is 2.14. The molecule has 110 valence electrons. The average molecular weight is 323 g/mol. The van der Waals surface area contributed by atoms with E-state index in [9.17, 15) is 4.79 Å². The lowest BCUT2D eigenvalue weighted by atomic mass is 10.0. The van der Waals surface area contributed by atoms with Crippen LogP contribution in [0.15, 0.2) is 54.0 Å². The number of halogens is 2. The van der Waals surface area contributed by atoms with Crippen molar-refractivity contribution in [3.8, 4) is 0 Å². The van der Waals surface area contributed by atoms with Crippen molar-refractivity contribution in [3.05, 3.63) is 75.1 Å². The van der Waals surface area contributed by atoms with Crippen LogP contribution in [0.2, 0.25) is 10.0 Å². The van der Waals surface area contributed by atoms with E-state index in [0.717, 1.165) is 19.3 Å². The molecule has 0 aliphatic heterocycles. The Morgan fingerprint density at radius 2 is 2.00 bits per heavy atom. The van der Waals surface area contributed by atoms with Gasteiger partial charge in [0.2, 0.25) is 0 Å². The third-order valence-corrected chi connectivity index (χ3v) is 4.04. The summed E-state index contributed by atoms with van der Waals surface area (Å²) in [6, 6.07) is 10.0. The molecule has 0 fully saturated rings. The van der Waals surface area contributed by atoms with Gasteiger partial charge in [0.15, 0.2) is 0 Å². The van der Waals surface area contributed by atoms with Gasteiger partial charge in [-0.05, 0) is 24.8 Å². The van der Waals surface area contributed by atoms with E-state index >= 15 is 0 Å². The number of nitrogens with zero attached hydrogens (tertiary/aromatic N) is 2. The Kier molecular flexibility index (Phi) is 5.59. The molecular weight excluding hydrogens is 307 g/mol. The molecule has 5 heteroatoms. The second-order valence-corrected chi connectivity index (χ2v) is 5.52. The largest absolute Gasteiger partial charge is 0.287 e. The van der Waals surface area contributed by atoms with Crippen LogP contribution in [0.1, 0.15) is 24.4 Å². The fraction of sp³-hybridized carbons (Fsp3) is 0.250.